The van der Waals surface area contributed by atoms with E-state index in [9.17, 15) is 18.0 Å². The third kappa shape index (κ3) is 27.6. The molecule has 358 valence electrons. The summed E-state index contributed by atoms with van der Waals surface area (Å²) in [6.07, 6.45) is 42.9. The van der Waals surface area contributed by atoms with E-state index in [0.29, 0.717) is 19.3 Å². The average Bonchev–Trinajstić information content (AvgIpc) is 3.78. The lowest BCUT2D eigenvalue weighted by molar-refractivity contribution is -0.160. The summed E-state index contributed by atoms with van der Waals surface area (Å²) in [5.41, 5.74) is 3.35. The summed E-state index contributed by atoms with van der Waals surface area (Å²) in [6.45, 7) is 3.73. The molecule has 1 heterocycles. The quantitative estimate of drug-likeness (QED) is 0.0511. The first kappa shape index (κ1) is 55.6. The van der Waals surface area contributed by atoms with Crippen LogP contribution in [0.1, 0.15) is 257 Å². The second-order valence-corrected chi connectivity index (χ2v) is 20.2. The van der Waals surface area contributed by atoms with E-state index in [-0.39, 0.29) is 23.6 Å². The molecule has 1 aliphatic heterocycles. The SMILES string of the molecule is CCCCCCCCCCCCCCCCCCCCCCCC[C@@H](C(=O)OC)[C@@H](CCCCCCCCCCCCCCS(=O)(=O)N1NN=NC1c1ccccc1)OC(C)=O. The molecule has 1 aromatic carbocycles. The molecule has 1 unspecified atom stereocenters. The Bertz CT molecular complexity index is 1360. The van der Waals surface area contributed by atoms with Crippen LogP contribution >= 0.6 is 0 Å². The topological polar surface area (TPSA) is 127 Å². The highest BCUT2D eigenvalue weighted by Crippen LogP contribution is 2.28. The van der Waals surface area contributed by atoms with E-state index in [2.05, 4.69) is 22.8 Å². The summed E-state index contributed by atoms with van der Waals surface area (Å²) >= 11 is 0. The van der Waals surface area contributed by atoms with Crippen molar-refractivity contribution in [2.24, 2.45) is 16.3 Å². The predicted molar refractivity (Wildman–Crippen MR) is 256 cm³/mol. The van der Waals surface area contributed by atoms with E-state index in [4.69, 9.17) is 9.47 Å². The van der Waals surface area contributed by atoms with Crippen molar-refractivity contribution in [3.63, 3.8) is 0 Å². The van der Waals surface area contributed by atoms with Gasteiger partial charge in [-0.15, -0.1) is 5.11 Å². The highest BCUT2D eigenvalue weighted by atomic mass is 32.2. The van der Waals surface area contributed by atoms with E-state index in [1.165, 1.54) is 179 Å². The second kappa shape index (κ2) is 37.8. The Labute approximate surface area is 380 Å². The zero-order valence-corrected chi connectivity index (χ0v) is 40.8. The van der Waals surface area contributed by atoms with Crippen molar-refractivity contribution < 1.29 is 27.5 Å². The normalized spacial score (nSPS) is 15.1. The first-order chi connectivity index (χ1) is 30.3. The van der Waals surface area contributed by atoms with Crippen LogP contribution in [0, 0.1) is 5.92 Å². The minimum atomic E-state index is -3.52. The Morgan fingerprint density at radius 1 is 0.597 bits per heavy atom. The number of hydrogen-bond acceptors (Lipinski definition) is 9. The minimum Gasteiger partial charge on any atom is -0.469 e. The van der Waals surface area contributed by atoms with E-state index < -0.39 is 22.3 Å². The number of carbonyl (C=O) groups is 2. The number of ether oxygens (including phenoxy) is 2. The van der Waals surface area contributed by atoms with Crippen LogP contribution < -0.4 is 5.53 Å². The maximum absolute atomic E-state index is 12.9. The molecule has 62 heavy (non-hydrogen) atoms. The molecule has 0 saturated heterocycles. The van der Waals surface area contributed by atoms with Crippen molar-refractivity contribution in [3.05, 3.63) is 35.9 Å². The van der Waals surface area contributed by atoms with Crippen LogP contribution in [-0.2, 0) is 29.1 Å². The van der Waals surface area contributed by atoms with Crippen LogP contribution in [0.2, 0.25) is 0 Å². The van der Waals surface area contributed by atoms with E-state index in [1.807, 2.05) is 30.3 Å². The molecule has 0 aliphatic carbocycles. The number of nitrogens with zero attached hydrogens (tertiary/aromatic N) is 3. The van der Waals surface area contributed by atoms with Crippen LogP contribution in [0.25, 0.3) is 0 Å². The molecule has 0 radical (unpaired) electrons. The molecule has 0 amide bonds. The molecular weight excluding hydrogens is 797 g/mol. The summed E-state index contributed by atoms with van der Waals surface area (Å²) in [6, 6.07) is 9.34. The minimum absolute atomic E-state index is 0.0824. The molecule has 0 bridgehead atoms. The van der Waals surface area contributed by atoms with Crippen molar-refractivity contribution in [1.82, 2.24) is 9.95 Å². The van der Waals surface area contributed by atoms with E-state index in [1.54, 1.807) is 0 Å². The summed E-state index contributed by atoms with van der Waals surface area (Å²) in [7, 11) is -2.08. The maximum Gasteiger partial charge on any atom is 0.312 e. The van der Waals surface area contributed by atoms with Gasteiger partial charge in [0.2, 0.25) is 10.0 Å². The standard InChI is InChI=1S/C51H92N4O6S/c1-4-5-6-7-8-9-10-11-12-13-14-15-16-17-18-19-20-23-26-29-32-38-43-48(51(57)60-3)49(61-46(2)56)44-39-33-30-27-24-21-22-25-28-31-34-40-45-62(58,59)55-50(52-53-54-55)47-41-36-35-37-42-47/h35-37,41-42,48-50H,4-34,38-40,43-45H2,1-3H3,(H,52,54)/t48-,49-,50?/m1/s1. The van der Waals surface area contributed by atoms with Crippen LogP contribution in [0.15, 0.2) is 40.7 Å². The highest BCUT2D eigenvalue weighted by molar-refractivity contribution is 7.89. The van der Waals surface area contributed by atoms with Gasteiger partial charge in [-0.2, -0.15) is 0 Å². The highest BCUT2D eigenvalue weighted by Gasteiger charge is 2.35. The third-order valence-corrected chi connectivity index (χ3v) is 14.4. The summed E-state index contributed by atoms with van der Waals surface area (Å²) < 4.78 is 37.9. The van der Waals surface area contributed by atoms with E-state index in [0.717, 1.165) is 56.9 Å². The molecule has 1 aliphatic rings. The molecule has 2 rings (SSSR count). The van der Waals surface area contributed by atoms with Gasteiger partial charge in [-0.05, 0) is 31.2 Å². The Hall–Kier alpha value is -2.53. The number of hydrazine groups is 1. The zero-order valence-electron chi connectivity index (χ0n) is 40.0. The average molecular weight is 889 g/mol. The van der Waals surface area contributed by atoms with Crippen LogP contribution in [0.3, 0.4) is 0 Å². The monoisotopic (exact) mass is 889 g/mol. The fourth-order valence-electron chi connectivity index (χ4n) is 8.90. The third-order valence-electron chi connectivity index (χ3n) is 12.7. The van der Waals surface area contributed by atoms with Gasteiger partial charge in [0, 0.05) is 6.92 Å². The molecular formula is C51H92N4O6S. The number of methoxy groups -OCH3 is 1. The summed E-state index contributed by atoms with van der Waals surface area (Å²) in [5.74, 6) is -0.890. The van der Waals surface area contributed by atoms with Crippen LogP contribution in [0.4, 0.5) is 0 Å². The van der Waals surface area contributed by atoms with Gasteiger partial charge in [0.15, 0.2) is 6.17 Å². The second-order valence-electron chi connectivity index (χ2n) is 18.2. The van der Waals surface area contributed by atoms with Gasteiger partial charge in [0.25, 0.3) is 0 Å². The Morgan fingerprint density at radius 2 is 0.984 bits per heavy atom. The molecule has 1 N–H and O–H groups in total. The fourth-order valence-corrected chi connectivity index (χ4v) is 10.3. The van der Waals surface area contributed by atoms with Gasteiger partial charge < -0.3 is 9.47 Å². The molecule has 10 nitrogen and oxygen atoms in total. The zero-order chi connectivity index (χ0) is 44.8. The lowest BCUT2D eigenvalue weighted by Gasteiger charge is -2.25. The van der Waals surface area contributed by atoms with Crippen LogP contribution in [-0.4, -0.2) is 43.7 Å². The number of rotatable bonds is 43. The number of hydrogen-bond donors (Lipinski definition) is 1. The molecule has 1 aromatic rings. The lowest BCUT2D eigenvalue weighted by atomic mass is 9.91. The van der Waals surface area contributed by atoms with Crippen molar-refractivity contribution >= 4 is 22.0 Å². The maximum atomic E-state index is 12.9. The number of carbonyl (C=O) groups excluding carboxylic acids is 2. The van der Waals surface area contributed by atoms with Gasteiger partial charge in [0.05, 0.1) is 18.8 Å². The summed E-state index contributed by atoms with van der Waals surface area (Å²) in [5, 5.41) is 7.83. The number of nitrogens with one attached hydrogen (secondary N) is 1. The van der Waals surface area contributed by atoms with Crippen molar-refractivity contribution in [2.45, 2.75) is 257 Å². The van der Waals surface area contributed by atoms with Gasteiger partial charge in [-0.1, -0.05) is 252 Å². The largest absolute Gasteiger partial charge is 0.469 e. The molecule has 3 atom stereocenters. The first-order valence-electron chi connectivity index (χ1n) is 25.8. The van der Waals surface area contributed by atoms with Gasteiger partial charge in [0.1, 0.15) is 6.10 Å². The van der Waals surface area contributed by atoms with E-state index >= 15 is 0 Å². The molecule has 0 fully saturated rings. The van der Waals surface area contributed by atoms with Crippen molar-refractivity contribution in [3.8, 4) is 0 Å². The molecule has 11 heteroatoms. The van der Waals surface area contributed by atoms with Crippen molar-refractivity contribution in [1.29, 1.82) is 0 Å². The Morgan fingerprint density at radius 3 is 1.39 bits per heavy atom. The number of sulfonamides is 1. The predicted octanol–water partition coefficient (Wildman–Crippen LogP) is 15.0. The summed E-state index contributed by atoms with van der Waals surface area (Å²) in [4.78, 5) is 24.8. The first-order valence-corrected chi connectivity index (χ1v) is 27.4. The van der Waals surface area contributed by atoms with Gasteiger partial charge in [-0.25, -0.2) is 14.0 Å². The number of esters is 2. The molecule has 0 spiro atoms. The fraction of sp³-hybridized carbons (Fsp3) is 0.843. The lowest BCUT2D eigenvalue weighted by Crippen LogP contribution is -2.39. The van der Waals surface area contributed by atoms with Crippen molar-refractivity contribution in [2.75, 3.05) is 12.9 Å². The van der Waals surface area contributed by atoms with Gasteiger partial charge >= 0.3 is 11.9 Å². The molecule has 0 saturated carbocycles. The Balaban J connectivity index is 1.43. The Kier molecular flexibility index (Phi) is 33.9. The number of benzene rings is 1. The number of unbranched alkanes of at least 4 members (excludes halogenated alkanes) is 32. The smallest absolute Gasteiger partial charge is 0.312 e. The van der Waals surface area contributed by atoms with Crippen LogP contribution in [0.5, 0.6) is 0 Å². The molecule has 0 aromatic heterocycles. The van der Waals surface area contributed by atoms with Gasteiger partial charge in [-0.3, -0.25) is 9.59 Å².